The van der Waals surface area contributed by atoms with E-state index in [9.17, 15) is 4.79 Å². The smallest absolute Gasteiger partial charge is 0.258 e. The van der Waals surface area contributed by atoms with Crippen molar-refractivity contribution in [3.05, 3.63) is 54.1 Å². The van der Waals surface area contributed by atoms with Crippen LogP contribution in [-0.2, 0) is 4.79 Å². The number of carbonyl (C=O) groups excluding carboxylic acids is 1. The molecule has 0 spiro atoms. The number of nitrogens with one attached hydrogen (secondary N) is 1. The van der Waals surface area contributed by atoms with E-state index < -0.39 is 0 Å². The Morgan fingerprint density at radius 1 is 1.04 bits per heavy atom. The summed E-state index contributed by atoms with van der Waals surface area (Å²) in [6.45, 7) is 2.72. The summed E-state index contributed by atoms with van der Waals surface area (Å²) < 4.78 is 16.2. The Bertz CT molecular complexity index is 628. The summed E-state index contributed by atoms with van der Waals surface area (Å²) >= 11 is 0. The van der Waals surface area contributed by atoms with Crippen LogP contribution in [-0.4, -0.2) is 32.8 Å². The fraction of sp³-hybridized carbons (Fsp3) is 0.278. The van der Waals surface area contributed by atoms with Crippen LogP contribution in [0.15, 0.2) is 48.5 Å². The van der Waals surface area contributed by atoms with Crippen LogP contribution in [0.3, 0.4) is 0 Å². The van der Waals surface area contributed by atoms with E-state index in [1.54, 1.807) is 13.2 Å². The van der Waals surface area contributed by atoms with Gasteiger partial charge >= 0.3 is 0 Å². The molecule has 5 heteroatoms. The summed E-state index contributed by atoms with van der Waals surface area (Å²) in [6.07, 6.45) is 0. The minimum atomic E-state index is -0.204. The number of rotatable bonds is 8. The maximum atomic E-state index is 11.8. The average molecular weight is 315 g/mol. The summed E-state index contributed by atoms with van der Waals surface area (Å²) in [6, 6.07) is 15.0. The highest BCUT2D eigenvalue weighted by Crippen LogP contribution is 2.27. The number of aryl methyl sites for hydroxylation is 1. The summed E-state index contributed by atoms with van der Waals surface area (Å²) in [5.74, 6) is 1.74. The van der Waals surface area contributed by atoms with E-state index in [-0.39, 0.29) is 12.5 Å². The molecule has 2 aromatic rings. The molecule has 0 fully saturated rings. The fourth-order valence-electron chi connectivity index (χ4n) is 1.96. The predicted octanol–water partition coefficient (Wildman–Crippen LogP) is 2.58. The summed E-state index contributed by atoms with van der Waals surface area (Å²) in [5.41, 5.74) is 1.07. The van der Waals surface area contributed by atoms with Crippen molar-refractivity contribution in [1.82, 2.24) is 5.32 Å². The molecule has 0 heterocycles. The molecule has 0 aromatic heterocycles. The monoisotopic (exact) mass is 315 g/mol. The first-order valence-electron chi connectivity index (χ1n) is 7.41. The number of carbonyl (C=O) groups is 1. The zero-order chi connectivity index (χ0) is 16.5. The highest BCUT2D eigenvalue weighted by Gasteiger charge is 2.07. The highest BCUT2D eigenvalue weighted by atomic mass is 16.5. The maximum Gasteiger partial charge on any atom is 0.258 e. The molecule has 0 bridgehead atoms. The minimum absolute atomic E-state index is 0.0647. The van der Waals surface area contributed by atoms with E-state index in [0.717, 1.165) is 11.3 Å². The third-order valence-corrected chi connectivity index (χ3v) is 3.11. The third kappa shape index (κ3) is 5.54. The average Bonchev–Trinajstić information content (AvgIpc) is 2.58. The van der Waals surface area contributed by atoms with Gasteiger partial charge in [0.25, 0.3) is 5.91 Å². The number of benzene rings is 2. The lowest BCUT2D eigenvalue weighted by Gasteiger charge is -2.11. The highest BCUT2D eigenvalue weighted by molar-refractivity contribution is 5.77. The van der Waals surface area contributed by atoms with Gasteiger partial charge in [0.05, 0.1) is 13.7 Å². The van der Waals surface area contributed by atoms with Gasteiger partial charge in [-0.15, -0.1) is 0 Å². The van der Waals surface area contributed by atoms with Crippen LogP contribution in [0.25, 0.3) is 0 Å². The second-order valence-electron chi connectivity index (χ2n) is 4.95. The summed E-state index contributed by atoms with van der Waals surface area (Å²) in [5, 5.41) is 2.74. The fourth-order valence-corrected chi connectivity index (χ4v) is 1.96. The topological polar surface area (TPSA) is 56.8 Å². The van der Waals surface area contributed by atoms with Crippen molar-refractivity contribution in [2.75, 3.05) is 26.9 Å². The van der Waals surface area contributed by atoms with Crippen molar-refractivity contribution in [2.45, 2.75) is 6.92 Å². The first-order chi connectivity index (χ1) is 11.2. The SMILES string of the molecule is COc1cc(C)ccc1OCC(=O)NCCOc1ccccc1. The van der Waals surface area contributed by atoms with Crippen LogP contribution in [0.5, 0.6) is 17.2 Å². The second-order valence-corrected chi connectivity index (χ2v) is 4.95. The lowest BCUT2D eigenvalue weighted by Crippen LogP contribution is -2.32. The van der Waals surface area contributed by atoms with Gasteiger partial charge in [0.15, 0.2) is 18.1 Å². The number of hydrogen-bond donors (Lipinski definition) is 1. The molecule has 2 aromatic carbocycles. The quantitative estimate of drug-likeness (QED) is 0.761. The van der Waals surface area contributed by atoms with Gasteiger partial charge < -0.3 is 19.5 Å². The molecule has 122 valence electrons. The Kier molecular flexibility index (Phi) is 6.29. The van der Waals surface area contributed by atoms with Crippen LogP contribution in [0.2, 0.25) is 0 Å². The van der Waals surface area contributed by atoms with E-state index in [0.29, 0.717) is 24.7 Å². The van der Waals surface area contributed by atoms with Gasteiger partial charge in [-0.3, -0.25) is 4.79 Å². The predicted molar refractivity (Wildman–Crippen MR) is 88.2 cm³/mol. The molecule has 0 unspecified atom stereocenters. The van der Waals surface area contributed by atoms with E-state index in [1.807, 2.05) is 49.4 Å². The Morgan fingerprint density at radius 2 is 1.83 bits per heavy atom. The van der Waals surface area contributed by atoms with Gasteiger partial charge in [-0.1, -0.05) is 24.3 Å². The first kappa shape index (κ1) is 16.7. The van der Waals surface area contributed by atoms with Gasteiger partial charge in [0.1, 0.15) is 12.4 Å². The normalized spacial score (nSPS) is 10.0. The number of para-hydroxylation sites is 1. The van der Waals surface area contributed by atoms with Crippen molar-refractivity contribution in [2.24, 2.45) is 0 Å². The van der Waals surface area contributed by atoms with E-state index in [1.165, 1.54) is 0 Å². The Labute approximate surface area is 136 Å². The lowest BCUT2D eigenvalue weighted by molar-refractivity contribution is -0.123. The molecule has 0 radical (unpaired) electrons. The number of ether oxygens (including phenoxy) is 3. The van der Waals surface area contributed by atoms with Crippen LogP contribution in [0.1, 0.15) is 5.56 Å². The van der Waals surface area contributed by atoms with Crippen LogP contribution in [0, 0.1) is 6.92 Å². The maximum absolute atomic E-state index is 11.8. The van der Waals surface area contributed by atoms with Crippen LogP contribution in [0.4, 0.5) is 0 Å². The van der Waals surface area contributed by atoms with Crippen LogP contribution >= 0.6 is 0 Å². The molecule has 0 aliphatic carbocycles. The molecule has 0 saturated heterocycles. The van der Waals surface area contributed by atoms with Gasteiger partial charge in [-0.05, 0) is 36.8 Å². The Balaban J connectivity index is 1.69. The molecular formula is C18H21NO4. The van der Waals surface area contributed by atoms with Gasteiger partial charge in [0, 0.05) is 0 Å². The van der Waals surface area contributed by atoms with E-state index >= 15 is 0 Å². The van der Waals surface area contributed by atoms with Gasteiger partial charge in [-0.25, -0.2) is 0 Å². The van der Waals surface area contributed by atoms with Crippen molar-refractivity contribution in [1.29, 1.82) is 0 Å². The molecule has 5 nitrogen and oxygen atoms in total. The number of amides is 1. The molecule has 0 aliphatic rings. The molecule has 0 atom stereocenters. The van der Waals surface area contributed by atoms with Gasteiger partial charge in [-0.2, -0.15) is 0 Å². The standard InChI is InChI=1S/C18H21NO4/c1-14-8-9-16(17(12-14)21-2)23-13-18(20)19-10-11-22-15-6-4-3-5-7-15/h3-9,12H,10-11,13H2,1-2H3,(H,19,20). The molecule has 0 aliphatic heterocycles. The largest absolute Gasteiger partial charge is 0.493 e. The Hall–Kier alpha value is -2.69. The van der Waals surface area contributed by atoms with Crippen molar-refractivity contribution >= 4 is 5.91 Å². The first-order valence-corrected chi connectivity index (χ1v) is 7.41. The van der Waals surface area contributed by atoms with Crippen LogP contribution < -0.4 is 19.5 Å². The van der Waals surface area contributed by atoms with E-state index in [4.69, 9.17) is 14.2 Å². The van der Waals surface area contributed by atoms with Crippen molar-refractivity contribution < 1.29 is 19.0 Å². The second kappa shape index (κ2) is 8.68. The molecule has 0 saturated carbocycles. The molecule has 2 rings (SSSR count). The molecule has 1 amide bonds. The third-order valence-electron chi connectivity index (χ3n) is 3.11. The van der Waals surface area contributed by atoms with Crippen molar-refractivity contribution in [3.63, 3.8) is 0 Å². The molecular weight excluding hydrogens is 294 g/mol. The van der Waals surface area contributed by atoms with Gasteiger partial charge in [0.2, 0.25) is 0 Å². The zero-order valence-electron chi connectivity index (χ0n) is 13.4. The van der Waals surface area contributed by atoms with E-state index in [2.05, 4.69) is 5.32 Å². The zero-order valence-corrected chi connectivity index (χ0v) is 13.4. The molecule has 1 N–H and O–H groups in total. The minimum Gasteiger partial charge on any atom is -0.493 e. The number of methoxy groups -OCH3 is 1. The molecule has 23 heavy (non-hydrogen) atoms. The summed E-state index contributed by atoms with van der Waals surface area (Å²) in [7, 11) is 1.57. The lowest BCUT2D eigenvalue weighted by atomic mass is 10.2. The van der Waals surface area contributed by atoms with Crippen molar-refractivity contribution in [3.8, 4) is 17.2 Å². The summed E-state index contributed by atoms with van der Waals surface area (Å²) in [4.78, 5) is 11.8. The Morgan fingerprint density at radius 3 is 2.57 bits per heavy atom. The number of hydrogen-bond acceptors (Lipinski definition) is 4.